The highest BCUT2D eigenvalue weighted by Crippen LogP contribution is 2.51. The third kappa shape index (κ3) is 2.74. The standard InChI is InChI=1S/C40H24N2/c1-3-11-23(12-4-1)33-27-19-21-30-36-28(20-22-29(35(27)36)37-25-15-7-9-17-31(25)41-39(33)37)34(24-13-5-2-6-14-24)40-38(30)26-16-8-10-18-32(26)42-40/h1-22,41-42H. The average molecular weight is 533 g/mol. The topological polar surface area (TPSA) is 31.6 Å². The number of nitrogens with one attached hydrogen (secondary N) is 2. The molecule has 2 aromatic heterocycles. The molecule has 0 bridgehead atoms. The normalized spacial score (nSPS) is 12.3. The summed E-state index contributed by atoms with van der Waals surface area (Å²) >= 11 is 0. The molecule has 0 amide bonds. The van der Waals surface area contributed by atoms with E-state index in [9.17, 15) is 0 Å². The monoisotopic (exact) mass is 532 g/mol. The second kappa shape index (κ2) is 7.99. The molecular weight excluding hydrogens is 508 g/mol. The summed E-state index contributed by atoms with van der Waals surface area (Å²) in [7, 11) is 0. The predicted molar refractivity (Wildman–Crippen MR) is 180 cm³/mol. The molecule has 2 N–H and O–H groups in total. The van der Waals surface area contributed by atoms with E-state index in [4.69, 9.17) is 0 Å². The fraction of sp³-hybridized carbons (Fsp3) is 0. The minimum atomic E-state index is 1.17. The number of hydrogen-bond acceptors (Lipinski definition) is 0. The van der Waals surface area contributed by atoms with Crippen molar-refractivity contribution in [1.29, 1.82) is 0 Å². The van der Waals surface area contributed by atoms with E-state index in [1.807, 2.05) is 0 Å². The van der Waals surface area contributed by atoms with Crippen LogP contribution in [-0.4, -0.2) is 9.97 Å². The smallest absolute Gasteiger partial charge is 0.0557 e. The van der Waals surface area contributed by atoms with E-state index < -0.39 is 0 Å². The van der Waals surface area contributed by atoms with Crippen molar-refractivity contribution < 1.29 is 0 Å². The lowest BCUT2D eigenvalue weighted by Crippen LogP contribution is -1.92. The highest BCUT2D eigenvalue weighted by molar-refractivity contribution is 6.42. The third-order valence-corrected chi connectivity index (χ3v) is 9.28. The molecule has 0 aliphatic carbocycles. The van der Waals surface area contributed by atoms with Gasteiger partial charge in [0.25, 0.3) is 0 Å². The number of aromatic amines is 2. The van der Waals surface area contributed by atoms with Gasteiger partial charge in [-0.3, -0.25) is 0 Å². The summed E-state index contributed by atoms with van der Waals surface area (Å²) in [5.41, 5.74) is 9.74. The van der Waals surface area contributed by atoms with Crippen molar-refractivity contribution in [2.45, 2.75) is 0 Å². The molecule has 0 radical (unpaired) electrons. The van der Waals surface area contributed by atoms with Crippen molar-refractivity contribution in [3.8, 4) is 22.3 Å². The van der Waals surface area contributed by atoms with Crippen LogP contribution in [0.15, 0.2) is 133 Å². The highest BCUT2D eigenvalue weighted by atomic mass is 14.7. The SMILES string of the molecule is c1ccc(-c2c3ccc4c5c([nH]c6ccccc65)c(-c5ccccc5)c5ccc(c6c2[nH]c2ccccc26)c3c54)cc1. The minimum Gasteiger partial charge on any atom is -0.354 e. The molecule has 0 fully saturated rings. The molecule has 0 unspecified atom stereocenters. The molecule has 2 nitrogen and oxygen atoms in total. The molecule has 194 valence electrons. The summed E-state index contributed by atoms with van der Waals surface area (Å²) in [6.07, 6.45) is 0. The van der Waals surface area contributed by atoms with E-state index in [0.29, 0.717) is 0 Å². The van der Waals surface area contributed by atoms with Gasteiger partial charge in [-0.05, 0) is 55.6 Å². The van der Waals surface area contributed by atoms with Gasteiger partial charge < -0.3 is 9.97 Å². The average Bonchev–Trinajstić information content (AvgIpc) is 3.63. The first-order valence-electron chi connectivity index (χ1n) is 14.5. The summed E-state index contributed by atoms with van der Waals surface area (Å²) in [5.74, 6) is 0. The third-order valence-electron chi connectivity index (χ3n) is 9.28. The van der Waals surface area contributed by atoms with Gasteiger partial charge in [0.2, 0.25) is 0 Å². The molecule has 2 heteroatoms. The van der Waals surface area contributed by atoms with Crippen molar-refractivity contribution in [3.05, 3.63) is 133 Å². The van der Waals surface area contributed by atoms with E-state index >= 15 is 0 Å². The molecule has 10 aromatic rings. The number of benzene rings is 8. The second-order valence-electron chi connectivity index (χ2n) is 11.4. The first kappa shape index (κ1) is 22.1. The molecule has 0 aliphatic heterocycles. The number of para-hydroxylation sites is 2. The molecule has 10 rings (SSSR count). The van der Waals surface area contributed by atoms with Crippen LogP contribution in [0.3, 0.4) is 0 Å². The van der Waals surface area contributed by atoms with Gasteiger partial charge in [0.15, 0.2) is 0 Å². The van der Waals surface area contributed by atoms with Crippen LogP contribution in [0.2, 0.25) is 0 Å². The Morgan fingerprint density at radius 3 is 1.12 bits per heavy atom. The lowest BCUT2D eigenvalue weighted by atomic mass is 9.83. The Labute approximate surface area is 241 Å². The van der Waals surface area contributed by atoms with Crippen molar-refractivity contribution in [2.75, 3.05) is 0 Å². The zero-order valence-electron chi connectivity index (χ0n) is 22.7. The summed E-state index contributed by atoms with van der Waals surface area (Å²) in [6, 6.07) is 48.6. The predicted octanol–water partition coefficient (Wildman–Crippen LogP) is 11.2. The van der Waals surface area contributed by atoms with Crippen molar-refractivity contribution in [3.63, 3.8) is 0 Å². The van der Waals surface area contributed by atoms with Crippen molar-refractivity contribution in [2.24, 2.45) is 0 Å². The zero-order valence-corrected chi connectivity index (χ0v) is 22.7. The maximum absolute atomic E-state index is 3.83. The number of aromatic nitrogens is 2. The van der Waals surface area contributed by atoms with E-state index in [1.165, 1.54) is 98.2 Å². The van der Waals surface area contributed by atoms with Crippen LogP contribution in [0.1, 0.15) is 0 Å². The van der Waals surface area contributed by atoms with E-state index in [1.54, 1.807) is 0 Å². The van der Waals surface area contributed by atoms with Gasteiger partial charge in [0.1, 0.15) is 0 Å². The fourth-order valence-electron chi connectivity index (χ4n) is 7.63. The first-order chi connectivity index (χ1) is 20.9. The Bertz CT molecular complexity index is 2470. The van der Waals surface area contributed by atoms with Crippen LogP contribution in [0.4, 0.5) is 0 Å². The summed E-state index contributed by atoms with van der Waals surface area (Å²) in [6.45, 7) is 0. The number of fused-ring (bicyclic) bond motifs is 8. The summed E-state index contributed by atoms with van der Waals surface area (Å²) in [5, 5.41) is 13.0. The molecule has 2 heterocycles. The Morgan fingerprint density at radius 2 is 0.667 bits per heavy atom. The van der Waals surface area contributed by atoms with Crippen LogP contribution in [-0.2, 0) is 0 Å². The fourth-order valence-corrected chi connectivity index (χ4v) is 7.63. The second-order valence-corrected chi connectivity index (χ2v) is 11.4. The van der Waals surface area contributed by atoms with E-state index in [-0.39, 0.29) is 0 Å². The number of rotatable bonds is 2. The molecule has 0 saturated heterocycles. The van der Waals surface area contributed by atoms with Crippen LogP contribution in [0.25, 0.3) is 98.2 Å². The largest absolute Gasteiger partial charge is 0.354 e. The van der Waals surface area contributed by atoms with Gasteiger partial charge in [0.05, 0.1) is 11.0 Å². The number of H-pyrrole nitrogens is 2. The zero-order chi connectivity index (χ0) is 27.4. The maximum atomic E-state index is 3.83. The molecule has 8 aromatic carbocycles. The molecular formula is C40H24N2. The van der Waals surface area contributed by atoms with E-state index in [2.05, 4.69) is 143 Å². The van der Waals surface area contributed by atoms with Gasteiger partial charge in [0, 0.05) is 43.7 Å². The summed E-state index contributed by atoms with van der Waals surface area (Å²) < 4.78 is 0. The lowest BCUT2D eigenvalue weighted by Gasteiger charge is -2.19. The minimum absolute atomic E-state index is 1.17. The van der Waals surface area contributed by atoms with Gasteiger partial charge in [-0.1, -0.05) is 121 Å². The van der Waals surface area contributed by atoms with E-state index in [0.717, 1.165) is 0 Å². The van der Waals surface area contributed by atoms with Crippen molar-refractivity contribution in [1.82, 2.24) is 9.97 Å². The molecule has 42 heavy (non-hydrogen) atoms. The van der Waals surface area contributed by atoms with Crippen LogP contribution in [0, 0.1) is 0 Å². The Kier molecular flexibility index (Phi) is 4.21. The van der Waals surface area contributed by atoms with Gasteiger partial charge in [-0.2, -0.15) is 0 Å². The Balaban J connectivity index is 1.54. The van der Waals surface area contributed by atoms with Crippen LogP contribution in [0.5, 0.6) is 0 Å². The maximum Gasteiger partial charge on any atom is 0.0557 e. The Morgan fingerprint density at radius 1 is 0.286 bits per heavy atom. The van der Waals surface area contributed by atoms with Crippen LogP contribution >= 0.6 is 0 Å². The Hall–Kier alpha value is -5.60. The molecule has 0 saturated carbocycles. The molecule has 0 atom stereocenters. The van der Waals surface area contributed by atoms with Gasteiger partial charge in [-0.15, -0.1) is 0 Å². The lowest BCUT2D eigenvalue weighted by molar-refractivity contribution is 1.54. The first-order valence-corrected chi connectivity index (χ1v) is 14.5. The highest BCUT2D eigenvalue weighted by Gasteiger charge is 2.24. The molecule has 0 aliphatic rings. The summed E-state index contributed by atoms with van der Waals surface area (Å²) in [4.78, 5) is 7.66. The number of hydrogen-bond donors (Lipinski definition) is 2. The van der Waals surface area contributed by atoms with Gasteiger partial charge in [-0.25, -0.2) is 0 Å². The quantitative estimate of drug-likeness (QED) is 0.208. The van der Waals surface area contributed by atoms with Crippen LogP contribution < -0.4 is 0 Å². The molecule has 0 spiro atoms. The van der Waals surface area contributed by atoms with Gasteiger partial charge >= 0.3 is 0 Å². The van der Waals surface area contributed by atoms with Crippen molar-refractivity contribution >= 4 is 75.9 Å².